The van der Waals surface area contributed by atoms with Gasteiger partial charge < -0.3 is 15.0 Å². The van der Waals surface area contributed by atoms with Gasteiger partial charge in [-0.15, -0.1) is 0 Å². The van der Waals surface area contributed by atoms with Crippen LogP contribution in [-0.4, -0.2) is 39.9 Å². The van der Waals surface area contributed by atoms with Gasteiger partial charge in [-0.1, -0.05) is 19.9 Å². The molecule has 2 aliphatic rings. The number of aryl methyl sites for hydroxylation is 1. The summed E-state index contributed by atoms with van der Waals surface area (Å²) in [4.78, 5) is 2.58. The van der Waals surface area contributed by atoms with Gasteiger partial charge in [-0.05, 0) is 66.9 Å². The molecule has 0 amide bonds. The molecule has 0 bridgehead atoms. The zero-order chi connectivity index (χ0) is 15.5. The fraction of sp³-hybridized carbons (Fsp3) is 0.684. The van der Waals surface area contributed by atoms with Gasteiger partial charge in [0.15, 0.2) is 0 Å². The molecule has 0 radical (unpaired) electrons. The topological polar surface area (TPSA) is 24.5 Å². The quantitative estimate of drug-likeness (QED) is 0.925. The third kappa shape index (κ3) is 3.02. The molecule has 1 aromatic carbocycles. The number of methoxy groups -OCH3 is 1. The van der Waals surface area contributed by atoms with Gasteiger partial charge in [0.2, 0.25) is 0 Å². The lowest BCUT2D eigenvalue weighted by Crippen LogP contribution is -2.34. The van der Waals surface area contributed by atoms with Crippen molar-refractivity contribution >= 4 is 5.69 Å². The molecule has 0 saturated carbocycles. The molecular formula is C19H30N2O. The predicted molar refractivity (Wildman–Crippen MR) is 93.2 cm³/mol. The maximum Gasteiger partial charge on any atom is 0.0637 e. The van der Waals surface area contributed by atoms with Gasteiger partial charge in [0.05, 0.1) is 6.61 Å². The molecule has 0 aliphatic carbocycles. The van der Waals surface area contributed by atoms with Crippen molar-refractivity contribution in [3.8, 4) is 0 Å². The Kier molecular flexibility index (Phi) is 5.04. The summed E-state index contributed by atoms with van der Waals surface area (Å²) in [7, 11) is 1.80. The molecule has 1 aromatic rings. The highest BCUT2D eigenvalue weighted by atomic mass is 16.5. The van der Waals surface area contributed by atoms with E-state index < -0.39 is 0 Å². The van der Waals surface area contributed by atoms with Crippen molar-refractivity contribution < 1.29 is 4.74 Å². The van der Waals surface area contributed by atoms with Crippen molar-refractivity contribution in [3.63, 3.8) is 0 Å². The molecular weight excluding hydrogens is 272 g/mol. The lowest BCUT2D eigenvalue weighted by Gasteiger charge is -2.36. The van der Waals surface area contributed by atoms with Crippen LogP contribution in [0.5, 0.6) is 0 Å². The average molecular weight is 302 g/mol. The average Bonchev–Trinajstić information content (AvgIpc) is 2.75. The highest BCUT2D eigenvalue weighted by Crippen LogP contribution is 2.40. The van der Waals surface area contributed by atoms with Gasteiger partial charge in [-0.2, -0.15) is 0 Å². The van der Waals surface area contributed by atoms with Crippen molar-refractivity contribution in [1.82, 2.24) is 5.32 Å². The van der Waals surface area contributed by atoms with Gasteiger partial charge in [-0.25, -0.2) is 0 Å². The number of hydrogen-bond donors (Lipinski definition) is 1. The third-order valence-electron chi connectivity index (χ3n) is 5.08. The molecule has 0 unspecified atom stereocenters. The Bertz CT molecular complexity index is 525. The van der Waals surface area contributed by atoms with Crippen LogP contribution < -0.4 is 10.2 Å². The maximum atomic E-state index is 5.34. The summed E-state index contributed by atoms with van der Waals surface area (Å²) in [5, 5.41) is 3.56. The van der Waals surface area contributed by atoms with Crippen LogP contribution in [-0.2, 0) is 24.0 Å². The van der Waals surface area contributed by atoms with Crippen molar-refractivity contribution in [2.45, 2.75) is 45.4 Å². The van der Waals surface area contributed by atoms with Crippen molar-refractivity contribution in [1.29, 1.82) is 0 Å². The number of rotatable bonds is 4. The molecule has 3 heteroatoms. The first-order chi connectivity index (χ1) is 10.7. The van der Waals surface area contributed by atoms with Crippen molar-refractivity contribution in [3.05, 3.63) is 28.3 Å². The molecule has 122 valence electrons. The molecule has 0 spiro atoms. The second-order valence-electron chi connectivity index (χ2n) is 6.92. The number of fused-ring (bicyclic) bond motifs is 2. The normalized spacial score (nSPS) is 18.1. The van der Waals surface area contributed by atoms with E-state index in [1.54, 1.807) is 35.1 Å². The molecule has 3 rings (SSSR count). The number of ether oxygens (including phenoxy) is 1. The zero-order valence-corrected chi connectivity index (χ0v) is 14.4. The second kappa shape index (κ2) is 7.01. The molecule has 1 N–H and O–H groups in total. The number of benzene rings is 1. The van der Waals surface area contributed by atoms with Crippen LogP contribution in [0.4, 0.5) is 5.69 Å². The Hall–Kier alpha value is -1.06. The fourth-order valence-electron chi connectivity index (χ4n) is 4.12. The zero-order valence-electron chi connectivity index (χ0n) is 14.4. The number of nitrogens with one attached hydrogen (secondary N) is 1. The van der Waals surface area contributed by atoms with Crippen molar-refractivity contribution in [2.75, 3.05) is 44.8 Å². The minimum absolute atomic E-state index is 0.588. The SMILES string of the molecule is COCCN1CCCc2cc3c(c(C(C)C)c21)CCNCC3. The summed E-state index contributed by atoms with van der Waals surface area (Å²) in [5.41, 5.74) is 7.96. The molecule has 22 heavy (non-hydrogen) atoms. The minimum atomic E-state index is 0.588. The first kappa shape index (κ1) is 15.8. The third-order valence-corrected chi connectivity index (χ3v) is 5.08. The molecule has 0 saturated heterocycles. The Labute approximate surface area is 135 Å². The largest absolute Gasteiger partial charge is 0.383 e. The predicted octanol–water partition coefficient (Wildman–Crippen LogP) is 2.90. The first-order valence-corrected chi connectivity index (χ1v) is 8.84. The highest BCUT2D eigenvalue weighted by Gasteiger charge is 2.26. The van der Waals surface area contributed by atoms with E-state index in [0.29, 0.717) is 5.92 Å². The summed E-state index contributed by atoms with van der Waals surface area (Å²) in [6, 6.07) is 2.52. The summed E-state index contributed by atoms with van der Waals surface area (Å²) in [5.74, 6) is 0.588. The fourth-order valence-corrected chi connectivity index (χ4v) is 4.12. The van der Waals surface area contributed by atoms with E-state index in [2.05, 4.69) is 30.1 Å². The lowest BCUT2D eigenvalue weighted by molar-refractivity contribution is 0.204. The number of hydrogen-bond acceptors (Lipinski definition) is 3. The maximum absolute atomic E-state index is 5.34. The van der Waals surface area contributed by atoms with E-state index >= 15 is 0 Å². The molecule has 0 fully saturated rings. The van der Waals surface area contributed by atoms with Gasteiger partial charge >= 0.3 is 0 Å². The Morgan fingerprint density at radius 2 is 2.00 bits per heavy atom. The first-order valence-electron chi connectivity index (χ1n) is 8.84. The van der Waals surface area contributed by atoms with Gasteiger partial charge in [-0.3, -0.25) is 0 Å². The van der Waals surface area contributed by atoms with Crippen LogP contribution in [0.15, 0.2) is 6.07 Å². The molecule has 3 nitrogen and oxygen atoms in total. The summed E-state index contributed by atoms with van der Waals surface area (Å²) >= 11 is 0. The summed E-state index contributed by atoms with van der Waals surface area (Å²) in [6.07, 6.45) is 4.86. The van der Waals surface area contributed by atoms with Crippen LogP contribution in [0, 0.1) is 0 Å². The Morgan fingerprint density at radius 1 is 1.18 bits per heavy atom. The highest BCUT2D eigenvalue weighted by molar-refractivity contribution is 5.67. The van der Waals surface area contributed by atoms with E-state index in [9.17, 15) is 0 Å². The van der Waals surface area contributed by atoms with Crippen molar-refractivity contribution in [2.24, 2.45) is 0 Å². The molecule has 0 aromatic heterocycles. The number of anilines is 1. The number of nitrogens with zero attached hydrogens (tertiary/aromatic N) is 1. The lowest BCUT2D eigenvalue weighted by atomic mass is 9.84. The standard InChI is InChI=1S/C19H30N2O/c1-14(2)18-17-7-9-20-8-6-15(17)13-16-5-4-10-21(19(16)18)11-12-22-3/h13-14,20H,4-12H2,1-3H3. The molecule has 2 heterocycles. The van der Waals surface area contributed by atoms with E-state index in [1.807, 2.05) is 0 Å². The van der Waals surface area contributed by atoms with Crippen LogP contribution in [0.25, 0.3) is 0 Å². The molecule has 0 atom stereocenters. The Balaban J connectivity index is 2.09. The van der Waals surface area contributed by atoms with Gasteiger partial charge in [0, 0.05) is 25.9 Å². The van der Waals surface area contributed by atoms with Crippen LogP contribution in [0.2, 0.25) is 0 Å². The summed E-state index contributed by atoms with van der Waals surface area (Å²) < 4.78 is 5.34. The van der Waals surface area contributed by atoms with E-state index in [4.69, 9.17) is 4.74 Å². The monoisotopic (exact) mass is 302 g/mol. The van der Waals surface area contributed by atoms with E-state index in [0.717, 1.165) is 26.2 Å². The van der Waals surface area contributed by atoms with E-state index in [-0.39, 0.29) is 0 Å². The Morgan fingerprint density at radius 3 is 2.77 bits per heavy atom. The summed E-state index contributed by atoms with van der Waals surface area (Å²) in [6.45, 7) is 9.96. The van der Waals surface area contributed by atoms with Crippen LogP contribution in [0.3, 0.4) is 0 Å². The van der Waals surface area contributed by atoms with Crippen LogP contribution in [0.1, 0.15) is 48.4 Å². The van der Waals surface area contributed by atoms with Crippen LogP contribution >= 0.6 is 0 Å². The smallest absolute Gasteiger partial charge is 0.0637 e. The molecule has 2 aliphatic heterocycles. The minimum Gasteiger partial charge on any atom is -0.383 e. The van der Waals surface area contributed by atoms with Gasteiger partial charge in [0.25, 0.3) is 0 Å². The van der Waals surface area contributed by atoms with E-state index in [1.165, 1.54) is 32.2 Å². The second-order valence-corrected chi connectivity index (χ2v) is 6.92. The van der Waals surface area contributed by atoms with Gasteiger partial charge in [0.1, 0.15) is 0 Å².